The highest BCUT2D eigenvalue weighted by Crippen LogP contribution is 2.22. The summed E-state index contributed by atoms with van der Waals surface area (Å²) >= 11 is 3.47. The minimum atomic E-state index is -0.00188. The predicted molar refractivity (Wildman–Crippen MR) is 125 cm³/mol. The first-order chi connectivity index (χ1) is 14.6. The van der Waals surface area contributed by atoms with Crippen molar-refractivity contribution in [3.8, 4) is 17.1 Å². The molecule has 0 N–H and O–H groups in total. The third-order valence-electron chi connectivity index (χ3n) is 5.03. The van der Waals surface area contributed by atoms with Crippen LogP contribution >= 0.6 is 15.9 Å². The maximum absolute atomic E-state index is 13.2. The molecule has 0 radical (unpaired) electrons. The summed E-state index contributed by atoms with van der Waals surface area (Å²) in [4.78, 5) is 18.0. The predicted octanol–water partition coefficient (Wildman–Crippen LogP) is 5.99. The molecular weight excluding hydrogens is 440 g/mol. The van der Waals surface area contributed by atoms with Crippen molar-refractivity contribution >= 4 is 26.8 Å². The number of hydrogen-bond donors (Lipinski definition) is 0. The van der Waals surface area contributed by atoms with Crippen molar-refractivity contribution in [1.29, 1.82) is 0 Å². The van der Waals surface area contributed by atoms with Crippen molar-refractivity contribution in [2.24, 2.45) is 0 Å². The van der Waals surface area contributed by atoms with E-state index in [0.717, 1.165) is 34.1 Å². The Bertz CT molecular complexity index is 1200. The summed E-state index contributed by atoms with van der Waals surface area (Å²) in [5.41, 5.74) is 2.86. The molecule has 0 atom stereocenters. The fourth-order valence-corrected chi connectivity index (χ4v) is 3.66. The minimum absolute atomic E-state index is 0.00188. The van der Waals surface area contributed by atoms with E-state index >= 15 is 0 Å². The lowest BCUT2D eigenvalue weighted by Crippen LogP contribution is -2.24. The Labute approximate surface area is 184 Å². The van der Waals surface area contributed by atoms with Crippen LogP contribution in [0.1, 0.15) is 18.4 Å². The summed E-state index contributed by atoms with van der Waals surface area (Å²) in [5, 5.41) is 0.647. The number of nitrogens with zero attached hydrogens (tertiary/aromatic N) is 2. The Kier molecular flexibility index (Phi) is 6.29. The average Bonchev–Trinajstić information content (AvgIpc) is 2.76. The molecule has 3 aromatic carbocycles. The molecule has 0 fully saturated rings. The van der Waals surface area contributed by atoms with Gasteiger partial charge >= 0.3 is 0 Å². The molecule has 5 heteroatoms. The lowest BCUT2D eigenvalue weighted by atomic mass is 10.1. The van der Waals surface area contributed by atoms with Crippen molar-refractivity contribution in [3.63, 3.8) is 0 Å². The van der Waals surface area contributed by atoms with E-state index in [-0.39, 0.29) is 5.56 Å². The molecule has 4 aromatic rings. The van der Waals surface area contributed by atoms with Gasteiger partial charge in [0.25, 0.3) is 5.56 Å². The smallest absolute Gasteiger partial charge is 0.261 e. The molecule has 0 saturated heterocycles. The van der Waals surface area contributed by atoms with Crippen LogP contribution in [0.2, 0.25) is 0 Å². The molecule has 0 aliphatic rings. The van der Waals surface area contributed by atoms with E-state index in [4.69, 9.17) is 9.72 Å². The fourth-order valence-electron chi connectivity index (χ4n) is 3.39. The monoisotopic (exact) mass is 462 g/mol. The Morgan fingerprint density at radius 2 is 1.67 bits per heavy atom. The van der Waals surface area contributed by atoms with Crippen LogP contribution in [-0.2, 0) is 6.54 Å². The van der Waals surface area contributed by atoms with Crippen LogP contribution in [0.15, 0.2) is 82.1 Å². The number of unbranched alkanes of at least 4 members (excludes halogenated alkanes) is 1. The number of para-hydroxylation sites is 1. The lowest BCUT2D eigenvalue weighted by Gasteiger charge is -2.14. The number of aryl methyl sites for hydroxylation is 1. The van der Waals surface area contributed by atoms with Gasteiger partial charge in [0.2, 0.25) is 0 Å². The van der Waals surface area contributed by atoms with Gasteiger partial charge in [0.15, 0.2) is 0 Å². The summed E-state index contributed by atoms with van der Waals surface area (Å²) in [5.74, 6) is 1.58. The van der Waals surface area contributed by atoms with Crippen LogP contribution < -0.4 is 10.3 Å². The summed E-state index contributed by atoms with van der Waals surface area (Å²) in [6, 6.07) is 23.5. The van der Waals surface area contributed by atoms with E-state index in [1.807, 2.05) is 72.8 Å². The fraction of sp³-hybridized carbons (Fsp3) is 0.200. The number of halogens is 1. The molecule has 4 rings (SSSR count). The zero-order chi connectivity index (χ0) is 20.9. The third-order valence-corrected chi connectivity index (χ3v) is 5.56. The molecule has 0 spiro atoms. The molecule has 152 valence electrons. The van der Waals surface area contributed by atoms with Gasteiger partial charge in [-0.15, -0.1) is 0 Å². The van der Waals surface area contributed by atoms with E-state index in [0.29, 0.717) is 24.4 Å². The van der Waals surface area contributed by atoms with Gasteiger partial charge in [-0.1, -0.05) is 57.9 Å². The van der Waals surface area contributed by atoms with Crippen molar-refractivity contribution in [1.82, 2.24) is 9.55 Å². The molecule has 0 saturated carbocycles. The molecule has 0 unspecified atom stereocenters. The van der Waals surface area contributed by atoms with Crippen LogP contribution in [0, 0.1) is 6.92 Å². The number of aromatic nitrogens is 2. The van der Waals surface area contributed by atoms with Gasteiger partial charge in [0.05, 0.1) is 17.5 Å². The van der Waals surface area contributed by atoms with E-state index < -0.39 is 0 Å². The molecular formula is C25H23BrN2O2. The molecule has 1 heterocycles. The van der Waals surface area contributed by atoms with Crippen LogP contribution in [0.4, 0.5) is 0 Å². The maximum Gasteiger partial charge on any atom is 0.261 e. The zero-order valence-corrected chi connectivity index (χ0v) is 18.4. The SMILES string of the molecule is Cc1ccc(OCCCCn2c(-c3ccc(Br)cc3)nc3ccccc3c2=O)cc1. The highest BCUT2D eigenvalue weighted by Gasteiger charge is 2.12. The zero-order valence-electron chi connectivity index (χ0n) is 16.8. The number of ether oxygens (including phenoxy) is 1. The number of benzene rings is 3. The first kappa shape index (κ1) is 20.4. The Balaban J connectivity index is 1.53. The summed E-state index contributed by atoms with van der Waals surface area (Å²) in [7, 11) is 0. The Morgan fingerprint density at radius 3 is 2.43 bits per heavy atom. The second-order valence-corrected chi connectivity index (χ2v) is 8.20. The molecule has 0 aliphatic carbocycles. The van der Waals surface area contributed by atoms with E-state index in [2.05, 4.69) is 22.9 Å². The number of hydrogen-bond acceptors (Lipinski definition) is 3. The van der Waals surface area contributed by atoms with Crippen LogP contribution in [0.5, 0.6) is 5.75 Å². The lowest BCUT2D eigenvalue weighted by molar-refractivity contribution is 0.303. The second kappa shape index (κ2) is 9.26. The third kappa shape index (κ3) is 4.62. The van der Waals surface area contributed by atoms with Gasteiger partial charge in [-0.25, -0.2) is 4.98 Å². The normalized spacial score (nSPS) is 11.0. The van der Waals surface area contributed by atoms with Gasteiger partial charge < -0.3 is 4.74 Å². The summed E-state index contributed by atoms with van der Waals surface area (Å²) in [6.07, 6.45) is 1.68. The number of rotatable bonds is 7. The summed E-state index contributed by atoms with van der Waals surface area (Å²) < 4.78 is 8.60. The molecule has 4 nitrogen and oxygen atoms in total. The maximum atomic E-state index is 13.2. The van der Waals surface area contributed by atoms with E-state index in [9.17, 15) is 4.79 Å². The first-order valence-corrected chi connectivity index (χ1v) is 10.9. The van der Waals surface area contributed by atoms with Gasteiger partial charge in [0.1, 0.15) is 11.6 Å². The van der Waals surface area contributed by atoms with Gasteiger partial charge in [0, 0.05) is 16.6 Å². The molecule has 0 bridgehead atoms. The van der Waals surface area contributed by atoms with E-state index in [1.54, 1.807) is 4.57 Å². The topological polar surface area (TPSA) is 44.1 Å². The number of fused-ring (bicyclic) bond motifs is 1. The highest BCUT2D eigenvalue weighted by molar-refractivity contribution is 9.10. The molecule has 1 aromatic heterocycles. The van der Waals surface area contributed by atoms with Crippen LogP contribution in [0.3, 0.4) is 0 Å². The van der Waals surface area contributed by atoms with Gasteiger partial charge in [-0.3, -0.25) is 9.36 Å². The van der Waals surface area contributed by atoms with Crippen molar-refractivity contribution in [2.75, 3.05) is 6.61 Å². The molecule has 30 heavy (non-hydrogen) atoms. The van der Waals surface area contributed by atoms with Crippen molar-refractivity contribution < 1.29 is 4.74 Å². The summed E-state index contributed by atoms with van der Waals surface area (Å²) in [6.45, 7) is 3.27. The standard InChI is InChI=1S/C25H23BrN2O2/c1-18-8-14-21(15-9-18)30-17-5-4-16-28-24(19-10-12-20(26)13-11-19)27-23-7-3-2-6-22(23)25(28)29/h2-3,6-15H,4-5,16-17H2,1H3. The minimum Gasteiger partial charge on any atom is -0.494 e. The highest BCUT2D eigenvalue weighted by atomic mass is 79.9. The second-order valence-electron chi connectivity index (χ2n) is 7.28. The van der Waals surface area contributed by atoms with Crippen molar-refractivity contribution in [2.45, 2.75) is 26.3 Å². The van der Waals surface area contributed by atoms with Gasteiger partial charge in [-0.05, 0) is 56.2 Å². The Hall–Kier alpha value is -2.92. The largest absolute Gasteiger partial charge is 0.494 e. The molecule has 0 amide bonds. The Morgan fingerprint density at radius 1 is 0.933 bits per heavy atom. The quantitative estimate of drug-likeness (QED) is 0.316. The first-order valence-electron chi connectivity index (χ1n) is 10.1. The van der Waals surface area contributed by atoms with Crippen LogP contribution in [0.25, 0.3) is 22.3 Å². The van der Waals surface area contributed by atoms with Crippen molar-refractivity contribution in [3.05, 3.63) is 93.2 Å². The van der Waals surface area contributed by atoms with E-state index in [1.165, 1.54) is 5.56 Å². The van der Waals surface area contributed by atoms with Crippen LogP contribution in [-0.4, -0.2) is 16.2 Å². The average molecular weight is 463 g/mol. The molecule has 0 aliphatic heterocycles. The van der Waals surface area contributed by atoms with Gasteiger partial charge in [-0.2, -0.15) is 0 Å².